The van der Waals surface area contributed by atoms with Crippen LogP contribution in [0.1, 0.15) is 89.2 Å². The number of benzene rings is 1. The third kappa shape index (κ3) is 6.89. The van der Waals surface area contributed by atoms with E-state index in [2.05, 4.69) is 59.0 Å². The van der Waals surface area contributed by atoms with Gasteiger partial charge < -0.3 is 10.2 Å². The van der Waals surface area contributed by atoms with Crippen molar-refractivity contribution in [2.45, 2.75) is 90.9 Å². The van der Waals surface area contributed by atoms with Gasteiger partial charge in [-0.2, -0.15) is 0 Å². The number of phenols is 2. The van der Waals surface area contributed by atoms with Crippen molar-refractivity contribution >= 4 is 45.2 Å². The van der Waals surface area contributed by atoms with Gasteiger partial charge in [-0.15, -0.1) is 0 Å². The monoisotopic (exact) mass is 558 g/mol. The van der Waals surface area contributed by atoms with Gasteiger partial charge in [0.25, 0.3) is 0 Å². The molecule has 0 aliphatic heterocycles. The highest BCUT2D eigenvalue weighted by atomic mass is 127. The zero-order chi connectivity index (χ0) is 17.9. The van der Waals surface area contributed by atoms with Crippen molar-refractivity contribution in [2.75, 3.05) is 0 Å². The first-order chi connectivity index (χ1) is 11.5. The van der Waals surface area contributed by atoms with Gasteiger partial charge in [0.15, 0.2) is 11.5 Å². The summed E-state index contributed by atoms with van der Waals surface area (Å²) in [6.07, 6.45) is 14.2. The van der Waals surface area contributed by atoms with E-state index in [-0.39, 0.29) is 11.5 Å². The van der Waals surface area contributed by atoms with Gasteiger partial charge in [-0.1, -0.05) is 65.2 Å². The molecule has 0 radical (unpaired) electrons. The van der Waals surface area contributed by atoms with Crippen LogP contribution < -0.4 is 0 Å². The molecule has 0 unspecified atom stereocenters. The topological polar surface area (TPSA) is 40.5 Å². The van der Waals surface area contributed by atoms with Crippen LogP contribution in [0.4, 0.5) is 0 Å². The van der Waals surface area contributed by atoms with Crippen molar-refractivity contribution in [3.8, 4) is 11.5 Å². The predicted molar refractivity (Wildman–Crippen MR) is 120 cm³/mol. The first-order valence-corrected chi connectivity index (χ1v) is 11.6. The Morgan fingerprint density at radius 3 is 1.54 bits per heavy atom. The zero-order valence-corrected chi connectivity index (χ0v) is 19.5. The van der Waals surface area contributed by atoms with Crippen LogP contribution in [0, 0.1) is 7.14 Å². The number of aromatic hydroxyl groups is 2. The Balaban J connectivity index is 2.80. The maximum absolute atomic E-state index is 10.5. The van der Waals surface area contributed by atoms with E-state index in [4.69, 9.17) is 0 Å². The van der Waals surface area contributed by atoms with Crippen LogP contribution in [0.3, 0.4) is 0 Å². The first-order valence-electron chi connectivity index (χ1n) is 9.45. The molecule has 0 amide bonds. The average molecular weight is 558 g/mol. The van der Waals surface area contributed by atoms with Gasteiger partial charge in [0, 0.05) is 9.13 Å². The normalized spacial score (nSPS) is 11.2. The molecule has 1 aromatic rings. The molecule has 2 nitrogen and oxygen atoms in total. The fourth-order valence-electron chi connectivity index (χ4n) is 3.10. The van der Waals surface area contributed by atoms with Crippen LogP contribution in [-0.2, 0) is 12.8 Å². The SMILES string of the molecule is CCCCCCCc1c(O)c(O)c(I)c(I)c1CCCCCCC. The lowest BCUT2D eigenvalue weighted by atomic mass is 9.95. The molecule has 0 heterocycles. The summed E-state index contributed by atoms with van der Waals surface area (Å²) in [5, 5.41) is 20.7. The molecule has 0 spiro atoms. The van der Waals surface area contributed by atoms with Gasteiger partial charge in [-0.25, -0.2) is 0 Å². The minimum atomic E-state index is 0.0679. The maximum Gasteiger partial charge on any atom is 0.172 e. The molecular weight excluding hydrogens is 526 g/mol. The van der Waals surface area contributed by atoms with Crippen LogP contribution in [0.2, 0.25) is 0 Å². The van der Waals surface area contributed by atoms with Crippen molar-refractivity contribution in [3.05, 3.63) is 18.3 Å². The van der Waals surface area contributed by atoms with E-state index >= 15 is 0 Å². The Labute approximate surface area is 175 Å². The molecule has 0 bridgehead atoms. The highest BCUT2D eigenvalue weighted by Crippen LogP contribution is 2.41. The summed E-state index contributed by atoms with van der Waals surface area (Å²) in [5.41, 5.74) is 2.26. The Hall–Kier alpha value is 0.280. The zero-order valence-electron chi connectivity index (χ0n) is 15.1. The summed E-state index contributed by atoms with van der Waals surface area (Å²) in [4.78, 5) is 0. The molecule has 4 heteroatoms. The smallest absolute Gasteiger partial charge is 0.172 e. The van der Waals surface area contributed by atoms with Crippen LogP contribution in [0.5, 0.6) is 11.5 Å². The molecule has 0 saturated heterocycles. The third-order valence-electron chi connectivity index (χ3n) is 4.60. The summed E-state index contributed by atoms with van der Waals surface area (Å²) in [5.74, 6) is 0.192. The molecule has 0 fully saturated rings. The summed E-state index contributed by atoms with van der Waals surface area (Å²) >= 11 is 4.49. The van der Waals surface area contributed by atoms with E-state index in [0.717, 1.165) is 32.0 Å². The standard InChI is InChI=1S/C20H32I2O2/c1-3-5-7-9-11-13-15-16(14-12-10-8-6-4-2)19(23)20(24)18(22)17(15)21/h23-24H,3-14H2,1-2H3. The van der Waals surface area contributed by atoms with E-state index in [1.807, 2.05) is 0 Å². The van der Waals surface area contributed by atoms with Crippen LogP contribution in [0.25, 0.3) is 0 Å². The maximum atomic E-state index is 10.5. The second kappa shape index (κ2) is 12.6. The molecule has 24 heavy (non-hydrogen) atoms. The number of halogens is 2. The van der Waals surface area contributed by atoms with E-state index in [0.29, 0.717) is 0 Å². The number of hydrogen-bond acceptors (Lipinski definition) is 2. The van der Waals surface area contributed by atoms with Gasteiger partial charge in [0.1, 0.15) is 0 Å². The molecule has 0 aliphatic rings. The van der Waals surface area contributed by atoms with E-state index < -0.39 is 0 Å². The summed E-state index contributed by atoms with van der Waals surface area (Å²) < 4.78 is 1.92. The van der Waals surface area contributed by atoms with E-state index in [1.54, 1.807) is 0 Å². The van der Waals surface area contributed by atoms with Crippen molar-refractivity contribution in [1.29, 1.82) is 0 Å². The van der Waals surface area contributed by atoms with Gasteiger partial charge in [-0.05, 0) is 76.4 Å². The van der Waals surface area contributed by atoms with Gasteiger partial charge in [0.2, 0.25) is 0 Å². The first kappa shape index (κ1) is 22.3. The predicted octanol–water partition coefficient (Wildman–Crippen LogP) is 7.33. The van der Waals surface area contributed by atoms with Crippen molar-refractivity contribution in [1.82, 2.24) is 0 Å². The summed E-state index contributed by atoms with van der Waals surface area (Å²) in [7, 11) is 0. The fraction of sp³-hybridized carbons (Fsp3) is 0.700. The molecule has 0 aliphatic carbocycles. The van der Waals surface area contributed by atoms with Crippen molar-refractivity contribution in [2.24, 2.45) is 0 Å². The minimum Gasteiger partial charge on any atom is -0.504 e. The molecule has 0 saturated carbocycles. The highest BCUT2D eigenvalue weighted by molar-refractivity contribution is 14.1. The van der Waals surface area contributed by atoms with Gasteiger partial charge >= 0.3 is 0 Å². The lowest BCUT2D eigenvalue weighted by molar-refractivity contribution is 0.394. The van der Waals surface area contributed by atoms with Crippen LogP contribution in [-0.4, -0.2) is 10.2 Å². The summed E-state index contributed by atoms with van der Waals surface area (Å²) in [6.45, 7) is 4.46. The molecular formula is C20H32I2O2. The largest absolute Gasteiger partial charge is 0.504 e. The number of phenolic OH excluding ortho intramolecular Hbond substituents is 2. The lowest BCUT2D eigenvalue weighted by Gasteiger charge is -2.17. The Morgan fingerprint density at radius 1 is 0.583 bits per heavy atom. The average Bonchev–Trinajstić information content (AvgIpc) is 2.58. The van der Waals surface area contributed by atoms with Crippen molar-refractivity contribution in [3.63, 3.8) is 0 Å². The van der Waals surface area contributed by atoms with Crippen LogP contribution in [0.15, 0.2) is 0 Å². The van der Waals surface area contributed by atoms with E-state index in [9.17, 15) is 10.2 Å². The molecule has 1 rings (SSSR count). The molecule has 0 atom stereocenters. The van der Waals surface area contributed by atoms with Gasteiger partial charge in [-0.3, -0.25) is 0 Å². The lowest BCUT2D eigenvalue weighted by Crippen LogP contribution is -2.02. The molecule has 138 valence electrons. The Bertz CT molecular complexity index is 456. The molecule has 2 N–H and O–H groups in total. The van der Waals surface area contributed by atoms with Crippen molar-refractivity contribution < 1.29 is 10.2 Å². The number of unbranched alkanes of at least 4 members (excludes halogenated alkanes) is 8. The third-order valence-corrected chi connectivity index (χ3v) is 7.87. The Kier molecular flexibility index (Phi) is 11.7. The fourth-order valence-corrected chi connectivity index (χ4v) is 4.53. The highest BCUT2D eigenvalue weighted by Gasteiger charge is 2.20. The Morgan fingerprint density at radius 2 is 1.04 bits per heavy atom. The summed E-state index contributed by atoms with van der Waals surface area (Å²) in [6, 6.07) is 0. The quantitative estimate of drug-likeness (QED) is 0.160. The minimum absolute atomic E-state index is 0.0679. The second-order valence-corrected chi connectivity index (χ2v) is 8.77. The molecule has 0 aromatic heterocycles. The van der Waals surface area contributed by atoms with E-state index in [1.165, 1.54) is 63.4 Å². The van der Waals surface area contributed by atoms with Crippen LogP contribution >= 0.6 is 45.2 Å². The molecule has 1 aromatic carbocycles. The second-order valence-electron chi connectivity index (χ2n) is 6.61. The number of hydrogen-bond donors (Lipinski definition) is 2. The number of rotatable bonds is 12. The van der Waals surface area contributed by atoms with Gasteiger partial charge in [0.05, 0.1) is 3.57 Å².